The quantitative estimate of drug-likeness (QED) is 0.653. The number of hydrogen-bond donors (Lipinski definition) is 1. The van der Waals surface area contributed by atoms with Gasteiger partial charge in [-0.15, -0.1) is 0 Å². The van der Waals surface area contributed by atoms with Gasteiger partial charge in [0.15, 0.2) is 5.76 Å². The molecule has 28 heavy (non-hydrogen) atoms. The van der Waals surface area contributed by atoms with Crippen LogP contribution in [0.3, 0.4) is 0 Å². The number of furan rings is 1. The summed E-state index contributed by atoms with van der Waals surface area (Å²) in [6.07, 6.45) is -0.878. The van der Waals surface area contributed by atoms with E-state index in [2.05, 4.69) is 15.9 Å². The van der Waals surface area contributed by atoms with Crippen LogP contribution in [0.25, 0.3) is 11.0 Å². The Bertz CT molecular complexity index is 1070. The molecule has 1 amide bonds. The maximum Gasteiger partial charge on any atom is 0.290 e. The number of aryl methyl sites for hydroxylation is 1. The van der Waals surface area contributed by atoms with Crippen LogP contribution in [0.2, 0.25) is 0 Å². The Labute approximate surface area is 170 Å². The summed E-state index contributed by atoms with van der Waals surface area (Å²) < 4.78 is 17.6. The molecule has 0 saturated carbocycles. The van der Waals surface area contributed by atoms with Gasteiger partial charge < -0.3 is 23.9 Å². The van der Waals surface area contributed by atoms with Gasteiger partial charge in [-0.2, -0.15) is 0 Å². The molecule has 1 N–H and O–H groups in total. The molecule has 0 saturated heterocycles. The number of benzene rings is 2. The largest absolute Gasteiger partial charge is 0.496 e. The van der Waals surface area contributed by atoms with Crippen molar-refractivity contribution < 1.29 is 23.8 Å². The van der Waals surface area contributed by atoms with Gasteiger partial charge in [0.25, 0.3) is 5.91 Å². The maximum atomic E-state index is 13.2. The molecule has 0 bridgehead atoms. The van der Waals surface area contributed by atoms with Crippen LogP contribution >= 0.6 is 15.9 Å². The van der Waals surface area contributed by atoms with Crippen LogP contribution in [0.5, 0.6) is 11.5 Å². The highest BCUT2D eigenvalue weighted by Gasteiger charge is 2.34. The minimum Gasteiger partial charge on any atom is -0.496 e. The van der Waals surface area contributed by atoms with Crippen LogP contribution < -0.4 is 9.47 Å². The molecule has 2 aromatic carbocycles. The molecule has 1 atom stereocenters. The molecule has 6 nitrogen and oxygen atoms in total. The van der Waals surface area contributed by atoms with E-state index in [4.69, 9.17) is 13.9 Å². The van der Waals surface area contributed by atoms with Gasteiger partial charge in [-0.1, -0.05) is 15.9 Å². The van der Waals surface area contributed by atoms with Gasteiger partial charge in [-0.05, 0) is 37.3 Å². The fraction of sp³-hybridized carbons (Fsp3) is 0.286. The van der Waals surface area contributed by atoms with E-state index in [-0.39, 0.29) is 18.2 Å². The van der Waals surface area contributed by atoms with Gasteiger partial charge in [0.2, 0.25) is 0 Å². The number of hydrogen-bond acceptors (Lipinski definition) is 5. The zero-order valence-electron chi connectivity index (χ0n) is 15.8. The highest BCUT2D eigenvalue weighted by atomic mass is 79.9. The Kier molecular flexibility index (Phi) is 4.81. The molecule has 4 rings (SSSR count). The van der Waals surface area contributed by atoms with Crippen molar-refractivity contribution >= 4 is 32.8 Å². The van der Waals surface area contributed by atoms with Crippen LogP contribution in [0, 0.1) is 6.92 Å². The fourth-order valence-corrected chi connectivity index (χ4v) is 4.13. The Morgan fingerprint density at radius 3 is 2.64 bits per heavy atom. The van der Waals surface area contributed by atoms with Crippen LogP contribution in [0.4, 0.5) is 0 Å². The van der Waals surface area contributed by atoms with Crippen molar-refractivity contribution in [1.29, 1.82) is 0 Å². The minimum atomic E-state index is -0.878. The number of rotatable bonds is 3. The lowest BCUT2D eigenvalue weighted by atomic mass is 9.95. The highest BCUT2D eigenvalue weighted by molar-refractivity contribution is 9.10. The van der Waals surface area contributed by atoms with Crippen LogP contribution in [0.15, 0.2) is 39.2 Å². The highest BCUT2D eigenvalue weighted by Crippen LogP contribution is 2.40. The average Bonchev–Trinajstić information content (AvgIpc) is 3.02. The summed E-state index contributed by atoms with van der Waals surface area (Å²) in [4.78, 5) is 14.8. The third-order valence-corrected chi connectivity index (χ3v) is 5.66. The monoisotopic (exact) mass is 445 g/mol. The van der Waals surface area contributed by atoms with E-state index in [1.807, 2.05) is 25.1 Å². The maximum absolute atomic E-state index is 13.2. The van der Waals surface area contributed by atoms with Crippen LogP contribution in [-0.4, -0.2) is 36.7 Å². The molecule has 2 heterocycles. The third kappa shape index (κ3) is 2.95. The second-order valence-electron chi connectivity index (χ2n) is 6.76. The lowest BCUT2D eigenvalue weighted by Gasteiger charge is -2.33. The predicted octanol–water partition coefficient (Wildman–Crippen LogP) is 4.21. The van der Waals surface area contributed by atoms with E-state index in [1.54, 1.807) is 31.3 Å². The van der Waals surface area contributed by atoms with Gasteiger partial charge in [0.1, 0.15) is 23.2 Å². The van der Waals surface area contributed by atoms with Crippen molar-refractivity contribution in [1.82, 2.24) is 4.90 Å². The number of halogens is 1. The number of ether oxygens (including phenoxy) is 2. The van der Waals surface area contributed by atoms with Crippen molar-refractivity contribution in [2.75, 3.05) is 20.8 Å². The Morgan fingerprint density at radius 1 is 1.21 bits per heavy atom. The van der Waals surface area contributed by atoms with E-state index in [0.29, 0.717) is 29.2 Å². The van der Waals surface area contributed by atoms with Crippen molar-refractivity contribution in [2.24, 2.45) is 0 Å². The molecule has 146 valence electrons. The Balaban J connectivity index is 1.74. The summed E-state index contributed by atoms with van der Waals surface area (Å²) in [6, 6.07) is 9.18. The number of amides is 1. The molecular formula is C21H20BrNO5. The number of aliphatic hydroxyl groups is 1. The first-order chi connectivity index (χ1) is 13.4. The molecular weight excluding hydrogens is 426 g/mol. The first-order valence-corrected chi connectivity index (χ1v) is 9.63. The summed E-state index contributed by atoms with van der Waals surface area (Å²) in [5.74, 6) is 1.21. The third-order valence-electron chi connectivity index (χ3n) is 5.17. The van der Waals surface area contributed by atoms with Crippen molar-refractivity contribution in [2.45, 2.75) is 19.6 Å². The average molecular weight is 446 g/mol. The molecule has 0 aliphatic carbocycles. The number of methoxy groups -OCH3 is 2. The smallest absolute Gasteiger partial charge is 0.290 e. The second kappa shape index (κ2) is 7.14. The van der Waals surface area contributed by atoms with Crippen LogP contribution in [0.1, 0.15) is 33.3 Å². The minimum absolute atomic E-state index is 0.148. The first-order valence-electron chi connectivity index (χ1n) is 8.84. The van der Waals surface area contributed by atoms with E-state index in [0.717, 1.165) is 21.0 Å². The summed E-state index contributed by atoms with van der Waals surface area (Å²) in [5, 5.41) is 11.6. The lowest BCUT2D eigenvalue weighted by molar-refractivity contribution is 0.0512. The molecule has 1 unspecified atom stereocenters. The second-order valence-corrected chi connectivity index (χ2v) is 7.68. The summed E-state index contributed by atoms with van der Waals surface area (Å²) in [7, 11) is 3.12. The number of fused-ring (bicyclic) bond motifs is 2. The Hall–Kier alpha value is -2.51. The van der Waals surface area contributed by atoms with E-state index >= 15 is 0 Å². The number of aliphatic hydroxyl groups excluding tert-OH is 1. The van der Waals surface area contributed by atoms with Gasteiger partial charge in [-0.3, -0.25) is 4.79 Å². The summed E-state index contributed by atoms with van der Waals surface area (Å²) in [6.45, 7) is 2.31. The summed E-state index contributed by atoms with van der Waals surface area (Å²) >= 11 is 3.45. The van der Waals surface area contributed by atoms with Gasteiger partial charge >= 0.3 is 0 Å². The van der Waals surface area contributed by atoms with Crippen molar-refractivity contribution in [3.05, 3.63) is 57.3 Å². The van der Waals surface area contributed by atoms with Crippen LogP contribution in [-0.2, 0) is 6.54 Å². The van der Waals surface area contributed by atoms with Gasteiger partial charge in [-0.25, -0.2) is 0 Å². The number of carbonyl (C=O) groups excluding carboxylic acids is 1. The molecule has 0 radical (unpaired) electrons. The molecule has 3 aromatic rings. The molecule has 7 heteroatoms. The topological polar surface area (TPSA) is 72.1 Å². The van der Waals surface area contributed by atoms with Gasteiger partial charge in [0, 0.05) is 26.5 Å². The van der Waals surface area contributed by atoms with Gasteiger partial charge in [0.05, 0.1) is 27.3 Å². The van der Waals surface area contributed by atoms with E-state index in [9.17, 15) is 9.90 Å². The standard InChI is InChI=1S/C21H20BrNO5/c1-11-13-8-12(22)4-5-17(13)28-20(11)21(25)23-9-14-16(26-2)6-7-18(27-3)19(14)15(24)10-23/h4-8,15,24H,9-10H2,1-3H3. The SMILES string of the molecule is COc1ccc(OC)c2c1CN(C(=O)c1oc3ccc(Br)cc3c1C)CC2O. The summed E-state index contributed by atoms with van der Waals surface area (Å²) in [5.41, 5.74) is 2.84. The molecule has 1 aliphatic heterocycles. The van der Waals surface area contributed by atoms with E-state index in [1.165, 1.54) is 0 Å². The zero-order chi connectivity index (χ0) is 20.0. The molecule has 0 fully saturated rings. The zero-order valence-corrected chi connectivity index (χ0v) is 17.4. The normalized spacial score (nSPS) is 16.2. The van der Waals surface area contributed by atoms with Crippen molar-refractivity contribution in [3.63, 3.8) is 0 Å². The number of β-amino-alcohol motifs (C(OH)–C–C–N with tert-alkyl or cyclic N) is 1. The number of nitrogens with zero attached hydrogens (tertiary/aromatic N) is 1. The molecule has 0 spiro atoms. The molecule has 1 aromatic heterocycles. The number of carbonyl (C=O) groups is 1. The lowest BCUT2D eigenvalue weighted by Crippen LogP contribution is -2.38. The predicted molar refractivity (Wildman–Crippen MR) is 108 cm³/mol. The Morgan fingerprint density at radius 2 is 1.93 bits per heavy atom. The van der Waals surface area contributed by atoms with Crippen molar-refractivity contribution in [3.8, 4) is 11.5 Å². The first kappa shape index (κ1) is 18.8. The fourth-order valence-electron chi connectivity index (χ4n) is 3.77. The molecule has 1 aliphatic rings. The van der Waals surface area contributed by atoms with E-state index < -0.39 is 6.10 Å².